The van der Waals surface area contributed by atoms with Crippen molar-refractivity contribution in [2.75, 3.05) is 6.54 Å². The van der Waals surface area contributed by atoms with Gasteiger partial charge < -0.3 is 10.1 Å². The lowest BCUT2D eigenvalue weighted by atomic mass is 10.1. The number of hydrogen-bond acceptors (Lipinski definition) is 4. The fraction of sp³-hybridized carbons (Fsp3) is 0.462. The third-order valence-electron chi connectivity index (χ3n) is 2.00. The van der Waals surface area contributed by atoms with E-state index in [0.717, 1.165) is 0 Å². The normalized spacial score (nSPS) is 11.0. The van der Waals surface area contributed by atoms with Crippen molar-refractivity contribution >= 4 is 23.5 Å². The Morgan fingerprint density at radius 2 is 2.00 bits per heavy atom. The average Bonchev–Trinajstić information content (AvgIpc) is 2.26. The molecule has 1 heterocycles. The van der Waals surface area contributed by atoms with Gasteiger partial charge in [0.25, 0.3) is 5.91 Å². The molecule has 0 unspecified atom stereocenters. The largest absolute Gasteiger partial charge is 0.456 e. The molecule has 1 N–H and O–H groups in total. The van der Waals surface area contributed by atoms with E-state index in [-0.39, 0.29) is 22.3 Å². The van der Waals surface area contributed by atoms with Crippen molar-refractivity contribution in [2.24, 2.45) is 0 Å². The predicted molar refractivity (Wildman–Crippen MR) is 72.4 cm³/mol. The van der Waals surface area contributed by atoms with E-state index in [1.807, 2.05) is 0 Å². The number of rotatable bonds is 3. The summed E-state index contributed by atoms with van der Waals surface area (Å²) in [6, 6.07) is 2.74. The number of halogens is 1. The molecular formula is C13H17ClN2O3. The Morgan fingerprint density at radius 1 is 1.37 bits per heavy atom. The summed E-state index contributed by atoms with van der Waals surface area (Å²) in [5, 5.41) is 2.66. The zero-order valence-corrected chi connectivity index (χ0v) is 12.2. The number of carbonyl (C=O) groups is 2. The number of aromatic nitrogens is 1. The number of nitrogens with one attached hydrogen (secondary N) is 1. The van der Waals surface area contributed by atoms with Crippen LogP contribution >= 0.6 is 11.6 Å². The van der Waals surface area contributed by atoms with E-state index in [1.165, 1.54) is 12.1 Å². The molecule has 0 saturated heterocycles. The van der Waals surface area contributed by atoms with Crippen molar-refractivity contribution in [2.45, 2.75) is 33.3 Å². The fourth-order valence-corrected chi connectivity index (χ4v) is 1.53. The number of carbonyl (C=O) groups excluding carboxylic acids is 2. The van der Waals surface area contributed by atoms with Crippen LogP contribution in [-0.2, 0) is 4.74 Å². The SMILES string of the molecule is CCNC(=O)c1cc(C(=O)OC(C)(C)C)cc(Cl)n1. The van der Waals surface area contributed by atoms with Gasteiger partial charge in [0.15, 0.2) is 0 Å². The molecule has 5 nitrogen and oxygen atoms in total. The van der Waals surface area contributed by atoms with Crippen LogP contribution in [-0.4, -0.2) is 29.0 Å². The molecule has 0 aliphatic heterocycles. The Labute approximate surface area is 117 Å². The smallest absolute Gasteiger partial charge is 0.338 e. The summed E-state index contributed by atoms with van der Waals surface area (Å²) in [5.41, 5.74) is -0.315. The summed E-state index contributed by atoms with van der Waals surface area (Å²) < 4.78 is 5.22. The van der Waals surface area contributed by atoms with Crippen molar-refractivity contribution in [1.82, 2.24) is 10.3 Å². The monoisotopic (exact) mass is 284 g/mol. The number of hydrogen-bond donors (Lipinski definition) is 1. The molecule has 1 amide bonds. The molecule has 0 aromatic carbocycles. The van der Waals surface area contributed by atoms with Crippen LogP contribution in [0.2, 0.25) is 5.15 Å². The molecule has 0 spiro atoms. The standard InChI is InChI=1S/C13H17ClN2O3/c1-5-15-11(17)9-6-8(7-10(14)16-9)12(18)19-13(2,3)4/h6-7H,5H2,1-4H3,(H,15,17). The van der Waals surface area contributed by atoms with Crippen molar-refractivity contribution in [3.8, 4) is 0 Å². The molecule has 0 aliphatic carbocycles. The van der Waals surface area contributed by atoms with Crippen LogP contribution in [0.1, 0.15) is 48.5 Å². The van der Waals surface area contributed by atoms with Crippen LogP contribution in [0.3, 0.4) is 0 Å². The first-order valence-corrected chi connectivity index (χ1v) is 6.30. The van der Waals surface area contributed by atoms with Crippen molar-refractivity contribution in [3.63, 3.8) is 0 Å². The molecule has 19 heavy (non-hydrogen) atoms. The highest BCUT2D eigenvalue weighted by Gasteiger charge is 2.20. The van der Waals surface area contributed by atoms with Gasteiger partial charge in [0.1, 0.15) is 16.4 Å². The molecule has 1 aromatic heterocycles. The van der Waals surface area contributed by atoms with Gasteiger partial charge in [0, 0.05) is 6.54 Å². The summed E-state index contributed by atoms with van der Waals surface area (Å²) in [5.74, 6) is -0.919. The number of nitrogens with zero attached hydrogens (tertiary/aromatic N) is 1. The lowest BCUT2D eigenvalue weighted by Gasteiger charge is -2.19. The van der Waals surface area contributed by atoms with E-state index in [9.17, 15) is 9.59 Å². The van der Waals surface area contributed by atoms with Crippen LogP contribution in [0.15, 0.2) is 12.1 Å². The summed E-state index contributed by atoms with van der Waals surface area (Å²) in [7, 11) is 0. The minimum Gasteiger partial charge on any atom is -0.456 e. The number of pyridine rings is 1. The minimum atomic E-state index is -0.612. The van der Waals surface area contributed by atoms with Crippen LogP contribution in [0.4, 0.5) is 0 Å². The van der Waals surface area contributed by atoms with Crippen molar-refractivity contribution < 1.29 is 14.3 Å². The second-order valence-electron chi connectivity index (χ2n) is 4.93. The zero-order chi connectivity index (χ0) is 14.6. The van der Waals surface area contributed by atoms with E-state index in [1.54, 1.807) is 27.7 Å². The molecule has 104 valence electrons. The zero-order valence-electron chi connectivity index (χ0n) is 11.4. The van der Waals surface area contributed by atoms with Gasteiger partial charge in [-0.25, -0.2) is 9.78 Å². The highest BCUT2D eigenvalue weighted by atomic mass is 35.5. The molecule has 0 fully saturated rings. The van der Waals surface area contributed by atoms with E-state index in [2.05, 4.69) is 10.3 Å². The lowest BCUT2D eigenvalue weighted by Crippen LogP contribution is -2.26. The first-order chi connectivity index (χ1) is 8.73. The number of ether oxygens (including phenoxy) is 1. The van der Waals surface area contributed by atoms with Gasteiger partial charge in [-0.15, -0.1) is 0 Å². The third kappa shape index (κ3) is 4.87. The minimum absolute atomic E-state index is 0.0737. The second-order valence-corrected chi connectivity index (χ2v) is 5.31. The van der Waals surface area contributed by atoms with Crippen LogP contribution in [0, 0.1) is 0 Å². The number of amides is 1. The van der Waals surface area contributed by atoms with Crippen LogP contribution in [0.5, 0.6) is 0 Å². The van der Waals surface area contributed by atoms with Gasteiger partial charge in [0.05, 0.1) is 5.56 Å². The summed E-state index contributed by atoms with van der Waals surface area (Å²) in [6.07, 6.45) is 0. The molecule has 0 aliphatic rings. The maximum Gasteiger partial charge on any atom is 0.338 e. The highest BCUT2D eigenvalue weighted by molar-refractivity contribution is 6.30. The third-order valence-corrected chi connectivity index (χ3v) is 2.19. The van der Waals surface area contributed by atoms with Crippen molar-refractivity contribution in [3.05, 3.63) is 28.5 Å². The van der Waals surface area contributed by atoms with Crippen LogP contribution < -0.4 is 5.32 Å². The molecule has 0 bridgehead atoms. The fourth-order valence-electron chi connectivity index (χ4n) is 1.32. The maximum absolute atomic E-state index is 11.9. The van der Waals surface area contributed by atoms with Gasteiger partial charge in [0.2, 0.25) is 0 Å². The van der Waals surface area contributed by atoms with Gasteiger partial charge in [-0.2, -0.15) is 0 Å². The Hall–Kier alpha value is -1.62. The molecule has 1 rings (SSSR count). The van der Waals surface area contributed by atoms with E-state index >= 15 is 0 Å². The topological polar surface area (TPSA) is 68.3 Å². The summed E-state index contributed by atoms with van der Waals surface area (Å²) >= 11 is 5.81. The summed E-state index contributed by atoms with van der Waals surface area (Å²) in [4.78, 5) is 27.5. The Bertz CT molecular complexity index is 495. The van der Waals surface area contributed by atoms with Crippen LogP contribution in [0.25, 0.3) is 0 Å². The quantitative estimate of drug-likeness (QED) is 0.684. The molecule has 0 radical (unpaired) electrons. The first-order valence-electron chi connectivity index (χ1n) is 5.92. The Balaban J connectivity index is 3.03. The van der Waals surface area contributed by atoms with Gasteiger partial charge in [-0.05, 0) is 39.8 Å². The van der Waals surface area contributed by atoms with Gasteiger partial charge in [-0.3, -0.25) is 4.79 Å². The first kappa shape index (κ1) is 15.4. The molecule has 1 aromatic rings. The second kappa shape index (κ2) is 6.02. The van der Waals surface area contributed by atoms with E-state index in [4.69, 9.17) is 16.3 Å². The predicted octanol–water partition coefficient (Wildman–Crippen LogP) is 2.44. The lowest BCUT2D eigenvalue weighted by molar-refractivity contribution is 0.00694. The number of esters is 1. The van der Waals surface area contributed by atoms with E-state index in [0.29, 0.717) is 6.54 Å². The Morgan fingerprint density at radius 3 is 2.53 bits per heavy atom. The average molecular weight is 285 g/mol. The Kier molecular flexibility index (Phi) is 4.89. The molecule has 0 atom stereocenters. The summed E-state index contributed by atoms with van der Waals surface area (Å²) in [6.45, 7) is 7.54. The van der Waals surface area contributed by atoms with Crippen molar-refractivity contribution in [1.29, 1.82) is 0 Å². The molecular weight excluding hydrogens is 268 g/mol. The molecule has 0 saturated carbocycles. The van der Waals surface area contributed by atoms with Gasteiger partial charge in [-0.1, -0.05) is 11.6 Å². The van der Waals surface area contributed by atoms with E-state index < -0.39 is 11.6 Å². The van der Waals surface area contributed by atoms with Gasteiger partial charge >= 0.3 is 5.97 Å². The maximum atomic E-state index is 11.9. The highest BCUT2D eigenvalue weighted by Crippen LogP contribution is 2.16. The molecule has 6 heteroatoms.